The molecule has 2 nitrogen and oxygen atoms in total. The summed E-state index contributed by atoms with van der Waals surface area (Å²) in [5.41, 5.74) is 2.40. The maximum absolute atomic E-state index is 3.52. The first-order chi connectivity index (χ1) is 11.0. The number of rotatable bonds is 2. The van der Waals surface area contributed by atoms with Crippen LogP contribution in [0.4, 0.5) is 0 Å². The molecule has 2 heteroatoms. The second-order valence-electron chi connectivity index (χ2n) is 9.07. The molecule has 4 aliphatic carbocycles. The standard InChI is InChI=1S/C21H34N2/c1-20-11-9-15(22-3)13-14(20)5-6-16-17-7-8-19(23-4)21(17,2)12-10-18(16)20/h8-9,11,14-18,22-23H,5-7,10,12-13H2,1-4H3/t14?,15?,16-,17-,18-,20-,21-/m0/s1. The van der Waals surface area contributed by atoms with Gasteiger partial charge in [0.1, 0.15) is 0 Å². The number of likely N-dealkylation sites (N-methyl/N-ethyl adjacent to an activating group) is 1. The molecule has 0 aromatic heterocycles. The van der Waals surface area contributed by atoms with Crippen LogP contribution in [0.25, 0.3) is 0 Å². The Kier molecular flexibility index (Phi) is 3.68. The average Bonchev–Trinajstić information content (AvgIpc) is 2.90. The summed E-state index contributed by atoms with van der Waals surface area (Å²) in [6.07, 6.45) is 15.9. The Morgan fingerprint density at radius 2 is 1.91 bits per heavy atom. The van der Waals surface area contributed by atoms with E-state index in [4.69, 9.17) is 0 Å². The molecular weight excluding hydrogens is 280 g/mol. The Bertz CT molecular complexity index is 536. The van der Waals surface area contributed by atoms with E-state index in [2.05, 4.69) is 56.8 Å². The SMILES string of the molecule is CNC1=CC[C@H]2[C@@H]3CCC4CC(NC)C=C[C@]4(C)[C@H]3CC[C@]12C. The number of allylic oxidation sites excluding steroid dienone is 3. The van der Waals surface area contributed by atoms with Crippen LogP contribution >= 0.6 is 0 Å². The molecule has 23 heavy (non-hydrogen) atoms. The van der Waals surface area contributed by atoms with E-state index < -0.39 is 0 Å². The average molecular weight is 315 g/mol. The van der Waals surface area contributed by atoms with Crippen molar-refractivity contribution in [2.24, 2.45) is 34.5 Å². The van der Waals surface area contributed by atoms with Gasteiger partial charge >= 0.3 is 0 Å². The van der Waals surface area contributed by atoms with Crippen LogP contribution in [-0.4, -0.2) is 20.1 Å². The van der Waals surface area contributed by atoms with Crippen molar-refractivity contribution in [1.29, 1.82) is 0 Å². The predicted molar refractivity (Wildman–Crippen MR) is 97.0 cm³/mol. The van der Waals surface area contributed by atoms with Gasteiger partial charge in [-0.2, -0.15) is 0 Å². The molecule has 0 saturated heterocycles. The van der Waals surface area contributed by atoms with Gasteiger partial charge in [0, 0.05) is 24.2 Å². The first-order valence-corrected chi connectivity index (χ1v) is 9.78. The van der Waals surface area contributed by atoms with Crippen molar-refractivity contribution in [3.05, 3.63) is 23.9 Å². The first-order valence-electron chi connectivity index (χ1n) is 9.78. The number of hydrogen-bond donors (Lipinski definition) is 2. The highest BCUT2D eigenvalue weighted by molar-refractivity contribution is 5.25. The molecular formula is C21H34N2. The molecule has 0 heterocycles. The van der Waals surface area contributed by atoms with Gasteiger partial charge in [0.05, 0.1) is 0 Å². The van der Waals surface area contributed by atoms with Gasteiger partial charge in [-0.25, -0.2) is 0 Å². The molecule has 0 spiro atoms. The summed E-state index contributed by atoms with van der Waals surface area (Å²) in [5, 5.41) is 7.00. The molecule has 7 atom stereocenters. The lowest BCUT2D eigenvalue weighted by Gasteiger charge is -2.59. The maximum Gasteiger partial charge on any atom is 0.0250 e. The van der Waals surface area contributed by atoms with E-state index in [9.17, 15) is 0 Å². The maximum atomic E-state index is 3.52. The van der Waals surface area contributed by atoms with E-state index in [1.54, 1.807) is 0 Å². The molecule has 4 aliphatic rings. The fourth-order valence-corrected chi connectivity index (χ4v) is 6.98. The largest absolute Gasteiger partial charge is 0.391 e. The molecule has 2 unspecified atom stereocenters. The third-order valence-corrected chi connectivity index (χ3v) is 8.41. The van der Waals surface area contributed by atoms with Gasteiger partial charge in [0.25, 0.3) is 0 Å². The lowest BCUT2D eigenvalue weighted by Crippen LogP contribution is -2.53. The summed E-state index contributed by atoms with van der Waals surface area (Å²) in [6.45, 7) is 5.12. The molecule has 0 radical (unpaired) electrons. The monoisotopic (exact) mass is 314 g/mol. The molecule has 2 saturated carbocycles. The Labute approximate surface area is 142 Å². The van der Waals surface area contributed by atoms with E-state index in [0.717, 1.165) is 23.7 Å². The van der Waals surface area contributed by atoms with Crippen LogP contribution in [0.15, 0.2) is 23.9 Å². The van der Waals surface area contributed by atoms with Gasteiger partial charge in [-0.15, -0.1) is 0 Å². The predicted octanol–water partition coefficient (Wildman–Crippen LogP) is 4.11. The fraction of sp³-hybridized carbons (Fsp3) is 0.810. The zero-order valence-corrected chi connectivity index (χ0v) is 15.4. The van der Waals surface area contributed by atoms with Crippen LogP contribution in [0.1, 0.15) is 52.4 Å². The number of hydrogen-bond acceptors (Lipinski definition) is 2. The van der Waals surface area contributed by atoms with E-state index in [1.165, 1.54) is 44.2 Å². The Morgan fingerprint density at radius 3 is 2.65 bits per heavy atom. The van der Waals surface area contributed by atoms with E-state index in [1.807, 2.05) is 0 Å². The molecule has 0 bridgehead atoms. The van der Waals surface area contributed by atoms with Crippen molar-refractivity contribution in [3.63, 3.8) is 0 Å². The third-order valence-electron chi connectivity index (χ3n) is 8.41. The van der Waals surface area contributed by atoms with Crippen LogP contribution in [0.2, 0.25) is 0 Å². The summed E-state index contributed by atoms with van der Waals surface area (Å²) < 4.78 is 0. The van der Waals surface area contributed by atoms with Crippen molar-refractivity contribution in [2.75, 3.05) is 14.1 Å². The Hall–Kier alpha value is -0.760. The highest BCUT2D eigenvalue weighted by Gasteiger charge is 2.57. The van der Waals surface area contributed by atoms with Crippen LogP contribution < -0.4 is 10.6 Å². The molecule has 0 aromatic carbocycles. The molecule has 0 aromatic rings. The molecule has 0 amide bonds. The van der Waals surface area contributed by atoms with E-state index >= 15 is 0 Å². The smallest absolute Gasteiger partial charge is 0.0250 e. The van der Waals surface area contributed by atoms with Gasteiger partial charge in [-0.3, -0.25) is 0 Å². The second kappa shape index (κ2) is 5.37. The van der Waals surface area contributed by atoms with Crippen molar-refractivity contribution >= 4 is 0 Å². The van der Waals surface area contributed by atoms with Gasteiger partial charge in [0.15, 0.2) is 0 Å². The summed E-state index contributed by atoms with van der Waals surface area (Å²) in [5.74, 6) is 3.58. The Balaban J connectivity index is 1.63. The molecule has 4 rings (SSSR count). The molecule has 128 valence electrons. The van der Waals surface area contributed by atoms with Crippen LogP contribution in [0.5, 0.6) is 0 Å². The van der Waals surface area contributed by atoms with Gasteiger partial charge in [0.2, 0.25) is 0 Å². The van der Waals surface area contributed by atoms with Crippen LogP contribution in [-0.2, 0) is 0 Å². The third kappa shape index (κ3) is 2.10. The van der Waals surface area contributed by atoms with Crippen molar-refractivity contribution in [2.45, 2.75) is 58.4 Å². The van der Waals surface area contributed by atoms with Gasteiger partial charge < -0.3 is 10.6 Å². The normalized spacial score (nSPS) is 51.5. The molecule has 2 fully saturated rings. The number of nitrogens with one attached hydrogen (secondary N) is 2. The molecule has 0 aliphatic heterocycles. The van der Waals surface area contributed by atoms with Crippen molar-refractivity contribution in [1.82, 2.24) is 10.6 Å². The zero-order valence-electron chi connectivity index (χ0n) is 15.4. The van der Waals surface area contributed by atoms with Gasteiger partial charge in [-0.1, -0.05) is 32.1 Å². The minimum atomic E-state index is 0.422. The summed E-state index contributed by atoms with van der Waals surface area (Å²) in [7, 11) is 4.23. The van der Waals surface area contributed by atoms with Crippen LogP contribution in [0.3, 0.4) is 0 Å². The fourth-order valence-electron chi connectivity index (χ4n) is 6.98. The van der Waals surface area contributed by atoms with Crippen molar-refractivity contribution < 1.29 is 0 Å². The van der Waals surface area contributed by atoms with E-state index in [0.29, 0.717) is 16.9 Å². The van der Waals surface area contributed by atoms with E-state index in [-0.39, 0.29) is 0 Å². The highest BCUT2D eigenvalue weighted by Crippen LogP contribution is 2.64. The minimum Gasteiger partial charge on any atom is -0.391 e. The second-order valence-corrected chi connectivity index (χ2v) is 9.07. The summed E-state index contributed by atoms with van der Waals surface area (Å²) in [4.78, 5) is 0. The van der Waals surface area contributed by atoms with Crippen molar-refractivity contribution in [3.8, 4) is 0 Å². The minimum absolute atomic E-state index is 0.422. The quantitative estimate of drug-likeness (QED) is 0.750. The summed E-state index contributed by atoms with van der Waals surface area (Å²) >= 11 is 0. The highest BCUT2D eigenvalue weighted by atomic mass is 14.9. The lowest BCUT2D eigenvalue weighted by molar-refractivity contribution is -0.0651. The number of fused-ring (bicyclic) bond motifs is 5. The first kappa shape index (κ1) is 15.7. The van der Waals surface area contributed by atoms with Gasteiger partial charge in [-0.05, 0) is 74.7 Å². The lowest BCUT2D eigenvalue weighted by atomic mass is 9.46. The Morgan fingerprint density at radius 1 is 1.09 bits per heavy atom. The zero-order chi connectivity index (χ0) is 16.2. The topological polar surface area (TPSA) is 24.1 Å². The molecule has 2 N–H and O–H groups in total. The van der Waals surface area contributed by atoms with Crippen LogP contribution in [0, 0.1) is 34.5 Å². The summed E-state index contributed by atoms with van der Waals surface area (Å²) in [6, 6.07) is 0.600.